The van der Waals surface area contributed by atoms with E-state index in [0.717, 1.165) is 24.0 Å². The molecule has 0 aromatic heterocycles. The first-order chi connectivity index (χ1) is 6.68. The Morgan fingerprint density at radius 3 is 2.64 bits per heavy atom. The van der Waals surface area contributed by atoms with Crippen molar-refractivity contribution in [2.45, 2.75) is 32.3 Å². The quantitative estimate of drug-likeness (QED) is 0.722. The van der Waals surface area contributed by atoms with Gasteiger partial charge in [-0.15, -0.1) is 0 Å². The normalized spacial score (nSPS) is 16.0. The molecule has 2 rings (SSSR count). The monoisotopic (exact) mass is 198 g/mol. The van der Waals surface area contributed by atoms with Crippen LogP contribution in [0.25, 0.3) is 0 Å². The average Bonchev–Trinajstić information content (AvgIpc) is 2.86. The van der Waals surface area contributed by atoms with Crippen molar-refractivity contribution in [1.82, 2.24) is 0 Å². The zero-order chi connectivity index (χ0) is 10.1. The molecule has 1 fully saturated rings. The van der Waals surface area contributed by atoms with Crippen LogP contribution in [0, 0.1) is 6.92 Å². The summed E-state index contributed by atoms with van der Waals surface area (Å²) in [6.07, 6.45) is 2.18. The summed E-state index contributed by atoms with van der Waals surface area (Å²) in [4.78, 5) is 0. The standard InChI is InChI=1S/C11H12F2O/c1-7-3-2-4-9(14-11(12)13)10(7)8-5-6-8/h2-4,8,11H,5-6H2,1H3. The summed E-state index contributed by atoms with van der Waals surface area (Å²) in [5, 5.41) is 0. The van der Waals surface area contributed by atoms with Gasteiger partial charge in [0.1, 0.15) is 5.75 Å². The van der Waals surface area contributed by atoms with Crippen LogP contribution in [0.1, 0.15) is 29.9 Å². The largest absolute Gasteiger partial charge is 0.435 e. The van der Waals surface area contributed by atoms with Crippen molar-refractivity contribution in [2.75, 3.05) is 0 Å². The average molecular weight is 198 g/mol. The Morgan fingerprint density at radius 2 is 2.07 bits per heavy atom. The summed E-state index contributed by atoms with van der Waals surface area (Å²) >= 11 is 0. The van der Waals surface area contributed by atoms with Crippen molar-refractivity contribution >= 4 is 0 Å². The second kappa shape index (κ2) is 3.56. The second-order valence-electron chi connectivity index (χ2n) is 3.64. The number of alkyl halides is 2. The number of hydrogen-bond acceptors (Lipinski definition) is 1. The van der Waals surface area contributed by atoms with Gasteiger partial charge in [-0.2, -0.15) is 8.78 Å². The van der Waals surface area contributed by atoms with Crippen molar-refractivity contribution in [3.63, 3.8) is 0 Å². The second-order valence-corrected chi connectivity index (χ2v) is 3.64. The van der Waals surface area contributed by atoms with E-state index in [1.54, 1.807) is 12.1 Å². The van der Waals surface area contributed by atoms with E-state index in [1.807, 2.05) is 13.0 Å². The maximum atomic E-state index is 12.1. The molecule has 1 aromatic carbocycles. The minimum Gasteiger partial charge on any atom is -0.435 e. The van der Waals surface area contributed by atoms with Gasteiger partial charge in [-0.25, -0.2) is 0 Å². The van der Waals surface area contributed by atoms with Crippen LogP contribution in [-0.4, -0.2) is 6.61 Å². The van der Waals surface area contributed by atoms with Crippen LogP contribution in [0.15, 0.2) is 18.2 Å². The summed E-state index contributed by atoms with van der Waals surface area (Å²) in [5.74, 6) is 0.785. The molecule has 0 spiro atoms. The third kappa shape index (κ3) is 1.86. The summed E-state index contributed by atoms with van der Waals surface area (Å²) in [7, 11) is 0. The fourth-order valence-electron chi connectivity index (χ4n) is 1.75. The minimum absolute atomic E-state index is 0.350. The van der Waals surface area contributed by atoms with E-state index < -0.39 is 6.61 Å². The van der Waals surface area contributed by atoms with Crippen LogP contribution in [0.4, 0.5) is 8.78 Å². The number of ether oxygens (including phenoxy) is 1. The van der Waals surface area contributed by atoms with E-state index in [-0.39, 0.29) is 0 Å². The van der Waals surface area contributed by atoms with Gasteiger partial charge in [-0.05, 0) is 37.3 Å². The highest BCUT2D eigenvalue weighted by atomic mass is 19.3. The van der Waals surface area contributed by atoms with Gasteiger partial charge in [0.05, 0.1) is 0 Å². The summed E-state index contributed by atoms with van der Waals surface area (Å²) in [6.45, 7) is -0.791. The third-order valence-corrected chi connectivity index (χ3v) is 2.49. The molecule has 1 aliphatic carbocycles. The minimum atomic E-state index is -2.73. The van der Waals surface area contributed by atoms with E-state index >= 15 is 0 Å². The summed E-state index contributed by atoms with van der Waals surface area (Å²) < 4.78 is 28.7. The van der Waals surface area contributed by atoms with Crippen LogP contribution in [0.2, 0.25) is 0 Å². The highest BCUT2D eigenvalue weighted by Gasteiger charge is 2.28. The SMILES string of the molecule is Cc1cccc(OC(F)F)c1C1CC1. The van der Waals surface area contributed by atoms with Gasteiger partial charge in [0.25, 0.3) is 0 Å². The van der Waals surface area contributed by atoms with E-state index in [1.165, 1.54) is 0 Å². The van der Waals surface area contributed by atoms with Gasteiger partial charge >= 0.3 is 6.61 Å². The fourth-order valence-corrected chi connectivity index (χ4v) is 1.75. The van der Waals surface area contributed by atoms with Gasteiger partial charge in [-0.3, -0.25) is 0 Å². The third-order valence-electron chi connectivity index (χ3n) is 2.49. The first kappa shape index (κ1) is 9.44. The van der Waals surface area contributed by atoms with Gasteiger partial charge in [0.15, 0.2) is 0 Å². The molecule has 0 amide bonds. The summed E-state index contributed by atoms with van der Waals surface area (Å²) in [5.41, 5.74) is 2.01. The molecular weight excluding hydrogens is 186 g/mol. The molecule has 0 saturated heterocycles. The Hall–Kier alpha value is -1.12. The molecule has 1 aliphatic rings. The van der Waals surface area contributed by atoms with Gasteiger partial charge in [0, 0.05) is 5.56 Å². The lowest BCUT2D eigenvalue weighted by Gasteiger charge is -2.12. The number of halogens is 2. The van der Waals surface area contributed by atoms with Crippen LogP contribution in [-0.2, 0) is 0 Å². The van der Waals surface area contributed by atoms with Crippen molar-refractivity contribution in [3.8, 4) is 5.75 Å². The smallest absolute Gasteiger partial charge is 0.387 e. The van der Waals surface area contributed by atoms with Crippen LogP contribution < -0.4 is 4.74 Å². The Balaban J connectivity index is 2.32. The highest BCUT2D eigenvalue weighted by molar-refractivity contribution is 5.44. The lowest BCUT2D eigenvalue weighted by atomic mass is 10.0. The van der Waals surface area contributed by atoms with Crippen LogP contribution in [0.3, 0.4) is 0 Å². The van der Waals surface area contributed by atoms with Crippen LogP contribution >= 0.6 is 0 Å². The Bertz CT molecular complexity index is 332. The van der Waals surface area contributed by atoms with E-state index in [9.17, 15) is 8.78 Å². The molecule has 1 saturated carbocycles. The van der Waals surface area contributed by atoms with Crippen molar-refractivity contribution in [2.24, 2.45) is 0 Å². The molecular formula is C11H12F2O. The van der Waals surface area contributed by atoms with E-state index in [0.29, 0.717) is 11.7 Å². The first-order valence-electron chi connectivity index (χ1n) is 4.73. The molecule has 3 heteroatoms. The lowest BCUT2D eigenvalue weighted by molar-refractivity contribution is -0.0504. The maximum absolute atomic E-state index is 12.1. The zero-order valence-corrected chi connectivity index (χ0v) is 7.97. The lowest BCUT2D eigenvalue weighted by Crippen LogP contribution is -2.04. The molecule has 1 aromatic rings. The molecule has 0 radical (unpaired) electrons. The zero-order valence-electron chi connectivity index (χ0n) is 7.97. The number of hydrogen-bond donors (Lipinski definition) is 0. The van der Waals surface area contributed by atoms with Gasteiger partial charge < -0.3 is 4.74 Å². The van der Waals surface area contributed by atoms with E-state index in [4.69, 9.17) is 0 Å². The maximum Gasteiger partial charge on any atom is 0.387 e. The molecule has 76 valence electrons. The molecule has 14 heavy (non-hydrogen) atoms. The molecule has 0 N–H and O–H groups in total. The Morgan fingerprint density at radius 1 is 1.36 bits per heavy atom. The molecule has 0 aliphatic heterocycles. The topological polar surface area (TPSA) is 9.23 Å². The molecule has 0 heterocycles. The van der Waals surface area contributed by atoms with E-state index in [2.05, 4.69) is 4.74 Å². The number of aryl methyl sites for hydroxylation is 1. The highest BCUT2D eigenvalue weighted by Crippen LogP contribution is 2.46. The number of benzene rings is 1. The van der Waals surface area contributed by atoms with Crippen LogP contribution in [0.5, 0.6) is 5.75 Å². The van der Waals surface area contributed by atoms with Gasteiger partial charge in [-0.1, -0.05) is 12.1 Å². The predicted octanol–water partition coefficient (Wildman–Crippen LogP) is 3.47. The van der Waals surface area contributed by atoms with Crippen molar-refractivity contribution in [3.05, 3.63) is 29.3 Å². The van der Waals surface area contributed by atoms with Crippen molar-refractivity contribution in [1.29, 1.82) is 0 Å². The Kier molecular flexibility index (Phi) is 2.40. The molecule has 0 unspecified atom stereocenters. The van der Waals surface area contributed by atoms with Crippen molar-refractivity contribution < 1.29 is 13.5 Å². The fraction of sp³-hybridized carbons (Fsp3) is 0.455. The molecule has 0 atom stereocenters. The van der Waals surface area contributed by atoms with Gasteiger partial charge in [0.2, 0.25) is 0 Å². The Labute approximate surface area is 81.7 Å². The summed E-state index contributed by atoms with van der Waals surface area (Å²) in [6, 6.07) is 5.30. The molecule has 0 bridgehead atoms. The predicted molar refractivity (Wildman–Crippen MR) is 49.8 cm³/mol. The number of rotatable bonds is 3. The molecule has 1 nitrogen and oxygen atoms in total. The first-order valence-corrected chi connectivity index (χ1v) is 4.73.